The molecule has 1 heterocycles. The molecule has 0 spiro atoms. The van der Waals surface area contributed by atoms with Crippen LogP contribution in [-0.2, 0) is 4.74 Å². The molecule has 8 heteroatoms. The Morgan fingerprint density at radius 2 is 2.12 bits per heavy atom. The molecule has 0 atom stereocenters. The molecule has 0 aliphatic rings. The number of carbonyl (C=O) groups excluding carboxylic acids is 1. The van der Waals surface area contributed by atoms with E-state index < -0.39 is 23.8 Å². The number of rotatable bonds is 2. The molecule has 5 nitrogen and oxygen atoms in total. The predicted octanol–water partition coefficient (Wildman–Crippen LogP) is 1.64. The first-order valence-corrected chi connectivity index (χ1v) is 4.12. The van der Waals surface area contributed by atoms with Crippen molar-refractivity contribution in [2.45, 2.75) is 6.36 Å². The minimum Gasteiger partial charge on any atom is -0.464 e. The van der Waals surface area contributed by atoms with Crippen molar-refractivity contribution in [1.82, 2.24) is 4.98 Å². The second-order valence-electron chi connectivity index (χ2n) is 2.69. The van der Waals surface area contributed by atoms with E-state index in [1.807, 2.05) is 0 Å². The number of carbonyl (C=O) groups is 1. The average Bonchev–Trinajstić information content (AvgIpc) is 2.26. The first-order chi connectivity index (χ1) is 7.87. The number of nitrogens with zero attached hydrogens (tertiary/aromatic N) is 2. The van der Waals surface area contributed by atoms with Crippen LogP contribution in [-0.4, -0.2) is 24.4 Å². The van der Waals surface area contributed by atoms with Gasteiger partial charge in [-0.25, -0.2) is 9.78 Å². The van der Waals surface area contributed by atoms with Crippen molar-refractivity contribution in [3.63, 3.8) is 0 Å². The standard InChI is InChI=1S/C9H5F3N2O3/c1-16-8(15)5-2-3-7(6(4-13)14-5)17-9(10,11)12/h2-3H,1H3. The lowest BCUT2D eigenvalue weighted by Gasteiger charge is -2.09. The summed E-state index contributed by atoms with van der Waals surface area (Å²) < 4.78 is 43.7. The summed E-state index contributed by atoms with van der Waals surface area (Å²) in [7, 11) is 1.08. The van der Waals surface area contributed by atoms with Gasteiger partial charge in [-0.05, 0) is 12.1 Å². The van der Waals surface area contributed by atoms with Gasteiger partial charge < -0.3 is 9.47 Å². The quantitative estimate of drug-likeness (QED) is 0.741. The summed E-state index contributed by atoms with van der Waals surface area (Å²) in [6, 6.07) is 3.18. The van der Waals surface area contributed by atoms with Crippen molar-refractivity contribution in [2.24, 2.45) is 0 Å². The largest absolute Gasteiger partial charge is 0.573 e. The van der Waals surface area contributed by atoms with Crippen molar-refractivity contribution in [2.75, 3.05) is 7.11 Å². The van der Waals surface area contributed by atoms with Gasteiger partial charge in [0.15, 0.2) is 11.4 Å². The summed E-state index contributed by atoms with van der Waals surface area (Å²) >= 11 is 0. The number of aromatic nitrogens is 1. The Balaban J connectivity index is 3.11. The van der Waals surface area contributed by atoms with Crippen LogP contribution >= 0.6 is 0 Å². The molecule has 0 saturated heterocycles. The van der Waals surface area contributed by atoms with Crippen LogP contribution in [0.4, 0.5) is 13.2 Å². The van der Waals surface area contributed by atoms with Crippen LogP contribution in [0.2, 0.25) is 0 Å². The maximum atomic E-state index is 11.9. The van der Waals surface area contributed by atoms with Crippen LogP contribution in [0.15, 0.2) is 12.1 Å². The molecule has 1 aromatic rings. The van der Waals surface area contributed by atoms with E-state index in [0.717, 1.165) is 19.2 Å². The van der Waals surface area contributed by atoms with Gasteiger partial charge >= 0.3 is 12.3 Å². The molecule has 0 unspecified atom stereocenters. The van der Waals surface area contributed by atoms with Crippen LogP contribution in [0.5, 0.6) is 5.75 Å². The fourth-order valence-electron chi connectivity index (χ4n) is 0.952. The zero-order valence-electron chi connectivity index (χ0n) is 8.41. The van der Waals surface area contributed by atoms with E-state index in [0.29, 0.717) is 0 Å². The predicted molar refractivity (Wildman–Crippen MR) is 47.0 cm³/mol. The zero-order valence-corrected chi connectivity index (χ0v) is 8.41. The number of hydrogen-bond donors (Lipinski definition) is 0. The van der Waals surface area contributed by atoms with Crippen LogP contribution in [0.25, 0.3) is 0 Å². The zero-order chi connectivity index (χ0) is 13.1. The number of alkyl halides is 3. The fraction of sp³-hybridized carbons (Fsp3) is 0.222. The molecule has 17 heavy (non-hydrogen) atoms. The Labute approximate surface area is 93.4 Å². The van der Waals surface area contributed by atoms with Crippen LogP contribution in [0.3, 0.4) is 0 Å². The maximum absolute atomic E-state index is 11.9. The van der Waals surface area contributed by atoms with E-state index >= 15 is 0 Å². The monoisotopic (exact) mass is 246 g/mol. The first kappa shape index (κ1) is 12.8. The van der Waals surface area contributed by atoms with Crippen LogP contribution in [0, 0.1) is 11.3 Å². The number of methoxy groups -OCH3 is 1. The van der Waals surface area contributed by atoms with Crippen molar-refractivity contribution < 1.29 is 27.4 Å². The van der Waals surface area contributed by atoms with Gasteiger partial charge in [0, 0.05) is 0 Å². The molecule has 0 amide bonds. The third-order valence-electron chi connectivity index (χ3n) is 1.58. The lowest BCUT2D eigenvalue weighted by Crippen LogP contribution is -2.18. The Bertz CT molecular complexity index is 479. The summed E-state index contributed by atoms with van der Waals surface area (Å²) in [6.45, 7) is 0. The van der Waals surface area contributed by atoms with Crippen molar-refractivity contribution in [1.29, 1.82) is 5.26 Å². The van der Waals surface area contributed by atoms with Gasteiger partial charge in [0.2, 0.25) is 0 Å². The second kappa shape index (κ2) is 4.69. The summed E-state index contributed by atoms with van der Waals surface area (Å²) in [5.41, 5.74) is -0.927. The summed E-state index contributed by atoms with van der Waals surface area (Å²) in [6.07, 6.45) is -4.93. The number of nitriles is 1. The molecule has 1 rings (SSSR count). The molecule has 0 bridgehead atoms. The van der Waals surface area contributed by atoms with E-state index in [-0.39, 0.29) is 5.69 Å². The molecule has 0 aliphatic heterocycles. The molecular weight excluding hydrogens is 241 g/mol. The van der Waals surface area contributed by atoms with Crippen LogP contribution < -0.4 is 4.74 Å². The Hall–Kier alpha value is -2.30. The van der Waals surface area contributed by atoms with E-state index in [2.05, 4.69) is 14.5 Å². The van der Waals surface area contributed by atoms with Gasteiger partial charge in [0.05, 0.1) is 7.11 Å². The molecule has 0 aromatic carbocycles. The van der Waals surface area contributed by atoms with E-state index in [1.165, 1.54) is 6.07 Å². The highest BCUT2D eigenvalue weighted by Gasteiger charge is 2.32. The van der Waals surface area contributed by atoms with E-state index in [1.54, 1.807) is 0 Å². The molecule has 1 aromatic heterocycles. The van der Waals surface area contributed by atoms with Gasteiger partial charge in [-0.15, -0.1) is 13.2 Å². The van der Waals surface area contributed by atoms with Crippen molar-refractivity contribution in [3.8, 4) is 11.8 Å². The summed E-state index contributed by atoms with van der Waals surface area (Å²) in [4.78, 5) is 14.4. The molecule has 0 N–H and O–H groups in total. The lowest BCUT2D eigenvalue weighted by atomic mass is 10.3. The third-order valence-corrected chi connectivity index (χ3v) is 1.58. The molecule has 90 valence electrons. The van der Waals surface area contributed by atoms with E-state index in [4.69, 9.17) is 5.26 Å². The molecule has 0 saturated carbocycles. The SMILES string of the molecule is COC(=O)c1ccc(OC(F)(F)F)c(C#N)n1. The summed E-state index contributed by atoms with van der Waals surface area (Å²) in [5.74, 6) is -1.63. The van der Waals surface area contributed by atoms with Gasteiger partial charge in [-0.3, -0.25) is 0 Å². The molecule has 0 aliphatic carbocycles. The maximum Gasteiger partial charge on any atom is 0.573 e. The number of esters is 1. The van der Waals surface area contributed by atoms with Crippen molar-refractivity contribution >= 4 is 5.97 Å². The van der Waals surface area contributed by atoms with Gasteiger partial charge in [-0.1, -0.05) is 0 Å². The third kappa shape index (κ3) is 3.34. The number of pyridine rings is 1. The van der Waals surface area contributed by atoms with Gasteiger partial charge in [0.25, 0.3) is 0 Å². The topological polar surface area (TPSA) is 72.2 Å². The van der Waals surface area contributed by atoms with Gasteiger partial charge in [-0.2, -0.15) is 5.26 Å². The molecule has 0 fully saturated rings. The Morgan fingerprint density at radius 1 is 1.47 bits per heavy atom. The highest BCUT2D eigenvalue weighted by Crippen LogP contribution is 2.25. The Kier molecular flexibility index (Phi) is 3.52. The average molecular weight is 246 g/mol. The molecule has 0 radical (unpaired) electrons. The minimum absolute atomic E-state index is 0.279. The minimum atomic E-state index is -4.93. The molecular formula is C9H5F3N2O3. The fourth-order valence-corrected chi connectivity index (χ4v) is 0.952. The number of ether oxygens (including phenoxy) is 2. The lowest BCUT2D eigenvalue weighted by molar-refractivity contribution is -0.274. The Morgan fingerprint density at radius 3 is 2.59 bits per heavy atom. The second-order valence-corrected chi connectivity index (χ2v) is 2.69. The normalized spacial score (nSPS) is 10.5. The highest BCUT2D eigenvalue weighted by atomic mass is 19.4. The number of hydrogen-bond acceptors (Lipinski definition) is 5. The first-order valence-electron chi connectivity index (χ1n) is 4.12. The van der Waals surface area contributed by atoms with Gasteiger partial charge in [0.1, 0.15) is 11.8 Å². The number of halogens is 3. The smallest absolute Gasteiger partial charge is 0.464 e. The van der Waals surface area contributed by atoms with Crippen LogP contribution in [0.1, 0.15) is 16.2 Å². The van der Waals surface area contributed by atoms with E-state index in [9.17, 15) is 18.0 Å². The highest BCUT2D eigenvalue weighted by molar-refractivity contribution is 5.87. The van der Waals surface area contributed by atoms with Crippen molar-refractivity contribution in [3.05, 3.63) is 23.5 Å². The summed E-state index contributed by atoms with van der Waals surface area (Å²) in [5, 5.41) is 8.58.